The molecule has 11 heteroatoms. The van der Waals surface area contributed by atoms with E-state index in [1.807, 2.05) is 17.0 Å². The van der Waals surface area contributed by atoms with Gasteiger partial charge in [0.25, 0.3) is 11.8 Å². The van der Waals surface area contributed by atoms with Gasteiger partial charge in [0.1, 0.15) is 12.0 Å². The van der Waals surface area contributed by atoms with Crippen LogP contribution < -0.4 is 15.5 Å². The number of likely N-dealkylation sites (N-methyl/N-ethyl adjacent to an activating group) is 1. The molecule has 0 atom stereocenters. The first kappa shape index (κ1) is 27.2. The van der Waals surface area contributed by atoms with E-state index in [4.69, 9.17) is 4.74 Å². The molecule has 0 saturated carbocycles. The summed E-state index contributed by atoms with van der Waals surface area (Å²) >= 11 is 0. The molecule has 3 aromatic rings. The second-order valence-corrected chi connectivity index (χ2v) is 9.69. The van der Waals surface area contributed by atoms with Gasteiger partial charge in [-0.25, -0.2) is 0 Å². The average molecular weight is 519 g/mol. The molecule has 0 spiro atoms. The molecule has 4 rings (SSSR count). The van der Waals surface area contributed by atoms with Crippen molar-refractivity contribution in [3.63, 3.8) is 0 Å². The summed E-state index contributed by atoms with van der Waals surface area (Å²) in [6.45, 7) is 4.32. The summed E-state index contributed by atoms with van der Waals surface area (Å²) < 4.78 is 6.82. The van der Waals surface area contributed by atoms with Crippen molar-refractivity contribution < 1.29 is 33.7 Å². The number of fused-ring (bicyclic) bond motifs is 1. The Morgan fingerprint density at radius 3 is 2.55 bits per heavy atom. The summed E-state index contributed by atoms with van der Waals surface area (Å²) in [5.74, 6) is 0.258. The molecule has 0 bridgehead atoms. The van der Waals surface area contributed by atoms with Crippen LogP contribution in [0.25, 0.3) is 10.9 Å². The molecule has 2 amide bonds. The van der Waals surface area contributed by atoms with Crippen molar-refractivity contribution in [2.75, 3.05) is 52.9 Å². The summed E-state index contributed by atoms with van der Waals surface area (Å²) in [5, 5.41) is 21.7. The lowest BCUT2D eigenvalue weighted by Crippen LogP contribution is -2.58. The van der Waals surface area contributed by atoms with Crippen LogP contribution in [0.15, 0.2) is 54.7 Å². The van der Waals surface area contributed by atoms with Gasteiger partial charge in [0.2, 0.25) is 0 Å². The first-order chi connectivity index (χ1) is 18.3. The molecule has 0 radical (unpaired) electrons. The number of nitrogens with one attached hydrogen (secondary N) is 1. The Morgan fingerprint density at radius 1 is 1.13 bits per heavy atom. The molecule has 2 heterocycles. The second kappa shape index (κ2) is 12.2. The summed E-state index contributed by atoms with van der Waals surface area (Å²) in [5.41, 5.74) is 2.00. The highest BCUT2D eigenvalue weighted by Crippen LogP contribution is 2.23. The third-order valence-electron chi connectivity index (χ3n) is 6.98. The summed E-state index contributed by atoms with van der Waals surface area (Å²) in [4.78, 5) is 42.0. The van der Waals surface area contributed by atoms with Crippen LogP contribution in [-0.4, -0.2) is 103 Å². The lowest BCUT2D eigenvalue weighted by Gasteiger charge is -2.42. The standard InChI is InChI=1S/C27H31BN4O6/c1-32(15-12-31(13-16-32)27(35)20-3-5-21(6-4-20)28(36)37)14-2-18-38-22-7-8-25-24(19-22)23(9-10-29-25)26(34)30-11-17-33/h3-10,17,19,36-37H,2,11-16,18H2,1H3/p+1. The fourth-order valence-corrected chi connectivity index (χ4v) is 4.63. The molecule has 38 heavy (non-hydrogen) atoms. The minimum absolute atomic E-state index is 0.0511. The predicted octanol–water partition coefficient (Wildman–Crippen LogP) is 0.215. The van der Waals surface area contributed by atoms with Gasteiger partial charge in [-0.2, -0.15) is 0 Å². The Balaban J connectivity index is 1.27. The SMILES string of the molecule is C[N+]1(CCCOc2ccc3nccc(C(=O)NCC=O)c3c2)CCN(C(=O)c2ccc(B(O)O)cc2)CC1. The number of nitrogens with zero attached hydrogens (tertiary/aromatic N) is 3. The van der Waals surface area contributed by atoms with Crippen LogP contribution in [0.5, 0.6) is 5.75 Å². The molecule has 10 nitrogen and oxygen atoms in total. The van der Waals surface area contributed by atoms with Crippen molar-refractivity contribution in [2.24, 2.45) is 0 Å². The van der Waals surface area contributed by atoms with Crippen LogP contribution in [0.3, 0.4) is 0 Å². The normalized spacial score (nSPS) is 14.7. The first-order valence-electron chi connectivity index (χ1n) is 12.6. The van der Waals surface area contributed by atoms with Gasteiger partial charge in [-0.05, 0) is 41.9 Å². The number of carbonyl (C=O) groups is 3. The van der Waals surface area contributed by atoms with Gasteiger partial charge >= 0.3 is 7.12 Å². The van der Waals surface area contributed by atoms with Gasteiger partial charge in [-0.15, -0.1) is 0 Å². The highest BCUT2D eigenvalue weighted by atomic mass is 16.5. The van der Waals surface area contributed by atoms with Gasteiger partial charge in [-0.1, -0.05) is 12.1 Å². The van der Waals surface area contributed by atoms with E-state index in [1.165, 1.54) is 0 Å². The third-order valence-corrected chi connectivity index (χ3v) is 6.98. The number of quaternary nitrogens is 1. The Morgan fingerprint density at radius 2 is 1.87 bits per heavy atom. The molecule has 3 N–H and O–H groups in total. The van der Waals surface area contributed by atoms with E-state index in [0.29, 0.717) is 59.2 Å². The maximum Gasteiger partial charge on any atom is 0.488 e. The molecule has 1 aliphatic heterocycles. The number of benzene rings is 2. The predicted molar refractivity (Wildman–Crippen MR) is 143 cm³/mol. The molecular weight excluding hydrogens is 487 g/mol. The van der Waals surface area contributed by atoms with Crippen LogP contribution in [0.1, 0.15) is 27.1 Å². The maximum absolute atomic E-state index is 12.8. The lowest BCUT2D eigenvalue weighted by atomic mass is 9.80. The van der Waals surface area contributed by atoms with Gasteiger partial charge < -0.3 is 34.3 Å². The summed E-state index contributed by atoms with van der Waals surface area (Å²) in [6.07, 6.45) is 3.03. The smallest absolute Gasteiger partial charge is 0.488 e. The highest BCUT2D eigenvalue weighted by Gasteiger charge is 2.31. The molecule has 2 aromatic carbocycles. The molecule has 1 fully saturated rings. The average Bonchev–Trinajstić information content (AvgIpc) is 2.93. The number of pyridine rings is 1. The van der Waals surface area contributed by atoms with Crippen LogP contribution in [-0.2, 0) is 4.79 Å². The molecule has 0 aliphatic carbocycles. The van der Waals surface area contributed by atoms with Gasteiger partial charge in [-0.3, -0.25) is 14.6 Å². The van der Waals surface area contributed by atoms with E-state index < -0.39 is 7.12 Å². The molecule has 1 saturated heterocycles. The minimum Gasteiger partial charge on any atom is -0.493 e. The van der Waals surface area contributed by atoms with E-state index in [2.05, 4.69) is 17.3 Å². The zero-order chi connectivity index (χ0) is 27.1. The zero-order valence-corrected chi connectivity index (χ0v) is 21.4. The number of amides is 2. The number of aromatic nitrogens is 1. The lowest BCUT2D eigenvalue weighted by molar-refractivity contribution is -0.913. The van der Waals surface area contributed by atoms with Crippen molar-refractivity contribution in [1.82, 2.24) is 15.2 Å². The van der Waals surface area contributed by atoms with Crippen molar-refractivity contribution in [3.05, 3.63) is 65.9 Å². The monoisotopic (exact) mass is 519 g/mol. The first-order valence-corrected chi connectivity index (χ1v) is 12.6. The van der Waals surface area contributed by atoms with Crippen molar-refractivity contribution in [1.29, 1.82) is 0 Å². The topological polar surface area (TPSA) is 129 Å². The number of hydrogen-bond donors (Lipinski definition) is 3. The number of piperazine rings is 1. The largest absolute Gasteiger partial charge is 0.493 e. The van der Waals surface area contributed by atoms with E-state index in [9.17, 15) is 24.4 Å². The second-order valence-electron chi connectivity index (χ2n) is 9.69. The van der Waals surface area contributed by atoms with Gasteiger partial charge in [0.05, 0.1) is 64.0 Å². The Labute approximate surface area is 221 Å². The molecule has 1 aromatic heterocycles. The van der Waals surface area contributed by atoms with Crippen LogP contribution >= 0.6 is 0 Å². The van der Waals surface area contributed by atoms with E-state index in [0.717, 1.165) is 30.5 Å². The molecule has 198 valence electrons. The van der Waals surface area contributed by atoms with Crippen LogP contribution in [0, 0.1) is 0 Å². The number of aldehydes is 1. The quantitative estimate of drug-likeness (QED) is 0.151. The number of ether oxygens (including phenoxy) is 1. The number of hydrogen-bond acceptors (Lipinski definition) is 7. The molecule has 0 unspecified atom stereocenters. The minimum atomic E-state index is -1.55. The molecular formula is C27H32BN4O6+. The van der Waals surface area contributed by atoms with Crippen molar-refractivity contribution >= 4 is 41.6 Å². The van der Waals surface area contributed by atoms with E-state index in [-0.39, 0.29) is 18.4 Å². The Bertz CT molecular complexity index is 1290. The van der Waals surface area contributed by atoms with Gasteiger partial charge in [0.15, 0.2) is 0 Å². The Kier molecular flexibility index (Phi) is 8.72. The number of rotatable bonds is 10. The highest BCUT2D eigenvalue weighted by molar-refractivity contribution is 6.58. The van der Waals surface area contributed by atoms with E-state index in [1.54, 1.807) is 42.6 Å². The Hall–Kier alpha value is -3.80. The van der Waals surface area contributed by atoms with Crippen molar-refractivity contribution in [3.8, 4) is 5.75 Å². The van der Waals surface area contributed by atoms with E-state index >= 15 is 0 Å². The third kappa shape index (κ3) is 6.55. The van der Waals surface area contributed by atoms with Crippen LogP contribution in [0.2, 0.25) is 0 Å². The van der Waals surface area contributed by atoms with Crippen LogP contribution in [0.4, 0.5) is 0 Å². The summed E-state index contributed by atoms with van der Waals surface area (Å²) in [7, 11) is 0.637. The fourth-order valence-electron chi connectivity index (χ4n) is 4.63. The fraction of sp³-hybridized carbons (Fsp3) is 0.333. The zero-order valence-electron chi connectivity index (χ0n) is 21.4. The molecule has 1 aliphatic rings. The maximum atomic E-state index is 12.8. The van der Waals surface area contributed by atoms with Crippen molar-refractivity contribution in [2.45, 2.75) is 6.42 Å². The van der Waals surface area contributed by atoms with Gasteiger partial charge in [0, 0.05) is 23.6 Å². The summed E-state index contributed by atoms with van der Waals surface area (Å²) in [6, 6.07) is 13.4. The number of carbonyl (C=O) groups excluding carboxylic acids is 3.